The molecular formula is C16H19BrN2O. The van der Waals surface area contributed by atoms with E-state index >= 15 is 0 Å². The number of anilines is 1. The maximum atomic E-state index is 5.71. The molecule has 106 valence electrons. The first kappa shape index (κ1) is 14.9. The Kier molecular flexibility index (Phi) is 5.41. The Morgan fingerprint density at radius 1 is 1.30 bits per heavy atom. The number of ether oxygens (including phenoxy) is 1. The summed E-state index contributed by atoms with van der Waals surface area (Å²) in [4.78, 5) is 4.37. The van der Waals surface area contributed by atoms with Gasteiger partial charge >= 0.3 is 0 Å². The lowest BCUT2D eigenvalue weighted by Gasteiger charge is -2.17. The van der Waals surface area contributed by atoms with Gasteiger partial charge in [-0.05, 0) is 43.2 Å². The predicted molar refractivity (Wildman–Crippen MR) is 86.2 cm³/mol. The van der Waals surface area contributed by atoms with E-state index in [-0.39, 0.29) is 6.04 Å². The average Bonchev–Trinajstić information content (AvgIpc) is 2.46. The second kappa shape index (κ2) is 7.29. The van der Waals surface area contributed by atoms with Gasteiger partial charge in [0.25, 0.3) is 0 Å². The molecule has 1 unspecified atom stereocenters. The molecule has 1 atom stereocenters. The molecule has 0 aliphatic carbocycles. The van der Waals surface area contributed by atoms with Gasteiger partial charge in [0.05, 0.1) is 12.6 Å². The Labute approximate surface area is 128 Å². The third-order valence-electron chi connectivity index (χ3n) is 2.93. The van der Waals surface area contributed by atoms with Crippen LogP contribution in [-0.2, 0) is 0 Å². The van der Waals surface area contributed by atoms with E-state index in [1.54, 1.807) is 6.20 Å². The molecule has 1 heterocycles. The monoisotopic (exact) mass is 334 g/mol. The maximum Gasteiger partial charge on any atom is 0.169 e. The van der Waals surface area contributed by atoms with E-state index in [2.05, 4.69) is 52.2 Å². The number of nitrogens with one attached hydrogen (secondary N) is 1. The minimum absolute atomic E-state index is 0.159. The fourth-order valence-electron chi connectivity index (χ4n) is 1.89. The van der Waals surface area contributed by atoms with Crippen LogP contribution >= 0.6 is 15.9 Å². The van der Waals surface area contributed by atoms with Crippen molar-refractivity contribution in [1.29, 1.82) is 0 Å². The SMILES string of the molecule is CCCOc1cccnc1NC(C)c1cccc(Br)c1. The molecule has 4 heteroatoms. The normalized spacial score (nSPS) is 11.9. The summed E-state index contributed by atoms with van der Waals surface area (Å²) in [7, 11) is 0. The number of nitrogens with zero attached hydrogens (tertiary/aromatic N) is 1. The third kappa shape index (κ3) is 3.97. The van der Waals surface area contributed by atoms with Crippen molar-refractivity contribution in [2.24, 2.45) is 0 Å². The quantitative estimate of drug-likeness (QED) is 0.823. The highest BCUT2D eigenvalue weighted by Crippen LogP contribution is 2.26. The van der Waals surface area contributed by atoms with Crippen molar-refractivity contribution in [1.82, 2.24) is 4.98 Å². The topological polar surface area (TPSA) is 34.1 Å². The summed E-state index contributed by atoms with van der Waals surface area (Å²) in [5, 5.41) is 3.41. The zero-order valence-electron chi connectivity index (χ0n) is 11.8. The van der Waals surface area contributed by atoms with Crippen LogP contribution in [0.15, 0.2) is 47.1 Å². The van der Waals surface area contributed by atoms with E-state index in [0.717, 1.165) is 22.5 Å². The molecule has 0 amide bonds. The van der Waals surface area contributed by atoms with Crippen LogP contribution in [0.5, 0.6) is 5.75 Å². The standard InChI is InChI=1S/C16H19BrN2O/c1-3-10-20-15-8-5-9-18-16(15)19-12(2)13-6-4-7-14(17)11-13/h4-9,11-12H,3,10H2,1-2H3,(H,18,19). The highest BCUT2D eigenvalue weighted by atomic mass is 79.9. The Hall–Kier alpha value is -1.55. The first-order chi connectivity index (χ1) is 9.70. The molecule has 0 saturated carbocycles. The molecule has 1 aromatic carbocycles. The molecule has 0 bridgehead atoms. The molecule has 0 aliphatic rings. The zero-order valence-corrected chi connectivity index (χ0v) is 13.4. The van der Waals surface area contributed by atoms with Gasteiger partial charge in [0, 0.05) is 10.7 Å². The van der Waals surface area contributed by atoms with E-state index < -0.39 is 0 Å². The molecule has 20 heavy (non-hydrogen) atoms. The summed E-state index contributed by atoms with van der Waals surface area (Å²) >= 11 is 3.50. The van der Waals surface area contributed by atoms with Crippen LogP contribution in [-0.4, -0.2) is 11.6 Å². The van der Waals surface area contributed by atoms with Crippen molar-refractivity contribution in [3.05, 3.63) is 52.6 Å². The minimum atomic E-state index is 0.159. The Bertz CT molecular complexity index is 560. The highest BCUT2D eigenvalue weighted by Gasteiger charge is 2.10. The summed E-state index contributed by atoms with van der Waals surface area (Å²) in [6, 6.07) is 12.2. The largest absolute Gasteiger partial charge is 0.490 e. The lowest BCUT2D eigenvalue weighted by atomic mass is 10.1. The summed E-state index contributed by atoms with van der Waals surface area (Å²) in [6.45, 7) is 4.90. The zero-order chi connectivity index (χ0) is 14.4. The number of aromatic nitrogens is 1. The van der Waals surface area contributed by atoms with Gasteiger partial charge in [0.2, 0.25) is 0 Å². The van der Waals surface area contributed by atoms with Crippen molar-refractivity contribution in [2.75, 3.05) is 11.9 Å². The van der Waals surface area contributed by atoms with Gasteiger partial charge < -0.3 is 10.1 Å². The Morgan fingerprint density at radius 2 is 2.15 bits per heavy atom. The molecule has 1 N–H and O–H groups in total. The van der Waals surface area contributed by atoms with Crippen LogP contribution in [0.2, 0.25) is 0 Å². The molecule has 2 aromatic rings. The van der Waals surface area contributed by atoms with E-state index in [4.69, 9.17) is 4.74 Å². The van der Waals surface area contributed by atoms with Crippen LogP contribution in [0.4, 0.5) is 5.82 Å². The highest BCUT2D eigenvalue weighted by molar-refractivity contribution is 9.10. The number of hydrogen-bond acceptors (Lipinski definition) is 3. The summed E-state index contributed by atoms with van der Waals surface area (Å²) in [6.07, 6.45) is 2.75. The molecule has 0 aliphatic heterocycles. The first-order valence-corrected chi connectivity index (χ1v) is 7.60. The first-order valence-electron chi connectivity index (χ1n) is 6.80. The van der Waals surface area contributed by atoms with Gasteiger partial charge in [0.1, 0.15) is 0 Å². The average molecular weight is 335 g/mol. The molecule has 0 saturated heterocycles. The Balaban J connectivity index is 2.13. The third-order valence-corrected chi connectivity index (χ3v) is 3.43. The minimum Gasteiger partial charge on any atom is -0.490 e. The fourth-order valence-corrected chi connectivity index (χ4v) is 2.31. The summed E-state index contributed by atoms with van der Waals surface area (Å²) in [5.74, 6) is 1.59. The molecule has 1 aromatic heterocycles. The second-order valence-electron chi connectivity index (χ2n) is 4.62. The molecule has 2 rings (SSSR count). The lowest BCUT2D eigenvalue weighted by molar-refractivity contribution is 0.317. The van der Waals surface area contributed by atoms with Crippen molar-refractivity contribution in [3.8, 4) is 5.75 Å². The van der Waals surface area contributed by atoms with Crippen molar-refractivity contribution >= 4 is 21.7 Å². The van der Waals surface area contributed by atoms with Crippen LogP contribution in [0, 0.1) is 0 Å². The molecular weight excluding hydrogens is 316 g/mol. The number of benzene rings is 1. The van der Waals surface area contributed by atoms with Gasteiger partial charge in [-0.2, -0.15) is 0 Å². The van der Waals surface area contributed by atoms with E-state index in [0.29, 0.717) is 6.61 Å². The molecule has 0 fully saturated rings. The van der Waals surface area contributed by atoms with Gasteiger partial charge in [-0.3, -0.25) is 0 Å². The molecule has 0 spiro atoms. The molecule has 0 radical (unpaired) electrons. The summed E-state index contributed by atoms with van der Waals surface area (Å²) < 4.78 is 6.79. The van der Waals surface area contributed by atoms with Gasteiger partial charge in [0.15, 0.2) is 11.6 Å². The lowest BCUT2D eigenvalue weighted by Crippen LogP contribution is -2.09. The van der Waals surface area contributed by atoms with Gasteiger partial charge in [-0.15, -0.1) is 0 Å². The van der Waals surface area contributed by atoms with Crippen LogP contribution < -0.4 is 10.1 Å². The second-order valence-corrected chi connectivity index (χ2v) is 5.54. The predicted octanol–water partition coefficient (Wildman–Crippen LogP) is 4.81. The van der Waals surface area contributed by atoms with Crippen molar-refractivity contribution in [2.45, 2.75) is 26.3 Å². The fraction of sp³-hybridized carbons (Fsp3) is 0.312. The Morgan fingerprint density at radius 3 is 2.90 bits per heavy atom. The smallest absolute Gasteiger partial charge is 0.169 e. The molecule has 3 nitrogen and oxygen atoms in total. The number of pyridine rings is 1. The van der Waals surface area contributed by atoms with Crippen LogP contribution in [0.25, 0.3) is 0 Å². The van der Waals surface area contributed by atoms with E-state index in [1.807, 2.05) is 24.3 Å². The van der Waals surface area contributed by atoms with Crippen molar-refractivity contribution < 1.29 is 4.74 Å². The van der Waals surface area contributed by atoms with Crippen molar-refractivity contribution in [3.63, 3.8) is 0 Å². The maximum absolute atomic E-state index is 5.71. The number of halogens is 1. The van der Waals surface area contributed by atoms with Gasteiger partial charge in [-0.1, -0.05) is 35.0 Å². The van der Waals surface area contributed by atoms with Gasteiger partial charge in [-0.25, -0.2) is 4.98 Å². The number of hydrogen-bond donors (Lipinski definition) is 1. The summed E-state index contributed by atoms with van der Waals surface area (Å²) in [5.41, 5.74) is 1.20. The van der Waals surface area contributed by atoms with Crippen LogP contribution in [0.1, 0.15) is 31.9 Å². The number of rotatable bonds is 6. The van der Waals surface area contributed by atoms with Crippen LogP contribution in [0.3, 0.4) is 0 Å². The van der Waals surface area contributed by atoms with E-state index in [9.17, 15) is 0 Å². The van der Waals surface area contributed by atoms with E-state index in [1.165, 1.54) is 5.56 Å².